The molecule has 0 aliphatic carbocycles. The summed E-state index contributed by atoms with van der Waals surface area (Å²) in [5.41, 5.74) is 3.75. The van der Waals surface area contributed by atoms with E-state index >= 15 is 0 Å². The number of carbonyl (C=O) groups is 2. The molecule has 3 aromatic rings. The van der Waals surface area contributed by atoms with Crippen LogP contribution in [0.1, 0.15) is 15.9 Å². The minimum Gasteiger partial charge on any atom is -0.478 e. The average molecular weight is 449 g/mol. The van der Waals surface area contributed by atoms with E-state index in [0.29, 0.717) is 20.8 Å². The lowest BCUT2D eigenvalue weighted by molar-refractivity contribution is -0.121. The van der Waals surface area contributed by atoms with Gasteiger partial charge in [-0.2, -0.15) is 0 Å². The third-order valence-corrected chi connectivity index (χ3v) is 6.02. The molecule has 0 unspecified atom stereocenters. The van der Waals surface area contributed by atoms with E-state index in [1.807, 2.05) is 54.6 Å². The van der Waals surface area contributed by atoms with Gasteiger partial charge in [-0.05, 0) is 77.0 Å². The Bertz CT molecular complexity index is 1220. The Labute approximate surface area is 188 Å². The first-order valence-electron chi connectivity index (χ1n) is 9.36. The van der Waals surface area contributed by atoms with Crippen molar-refractivity contribution in [2.24, 2.45) is 4.99 Å². The van der Waals surface area contributed by atoms with Crippen LogP contribution in [-0.2, 0) is 4.79 Å². The molecule has 3 aromatic carbocycles. The van der Waals surface area contributed by atoms with Crippen molar-refractivity contribution < 1.29 is 14.7 Å². The minimum atomic E-state index is -0.993. The zero-order valence-corrected chi connectivity index (χ0v) is 18.0. The van der Waals surface area contributed by atoms with E-state index in [1.165, 1.54) is 28.8 Å². The highest BCUT2D eigenvalue weighted by Crippen LogP contribution is 2.34. The number of aliphatic imine (C=N–C) groups is 1. The Balaban J connectivity index is 1.59. The molecule has 7 heteroatoms. The number of carboxylic acids is 1. The first kappa shape index (κ1) is 20.9. The molecule has 31 heavy (non-hydrogen) atoms. The number of carbonyl (C=O) groups excluding carboxylic acids is 1. The van der Waals surface area contributed by atoms with Crippen LogP contribution in [0, 0.1) is 0 Å². The van der Waals surface area contributed by atoms with E-state index in [4.69, 9.17) is 16.7 Å². The van der Waals surface area contributed by atoms with Crippen LogP contribution >= 0.6 is 23.4 Å². The number of hydrogen-bond donors (Lipinski definition) is 1. The number of amides is 1. The number of carboxylic acid groups (broad SMARTS) is 1. The normalized spacial score (nSPS) is 16.3. The number of nitrogens with zero attached hydrogens (tertiary/aromatic N) is 2. The zero-order chi connectivity index (χ0) is 22.0. The molecular weight excluding hydrogens is 432 g/mol. The molecule has 0 spiro atoms. The van der Waals surface area contributed by atoms with E-state index < -0.39 is 5.97 Å². The predicted octanol–water partition coefficient (Wildman–Crippen LogP) is 5.94. The summed E-state index contributed by atoms with van der Waals surface area (Å²) in [5, 5.41) is 10.2. The van der Waals surface area contributed by atoms with Gasteiger partial charge in [0.15, 0.2) is 5.17 Å². The molecule has 0 aromatic heterocycles. The van der Waals surface area contributed by atoms with Crippen molar-refractivity contribution in [3.63, 3.8) is 0 Å². The quantitative estimate of drug-likeness (QED) is 0.501. The number of aromatic carboxylic acids is 1. The van der Waals surface area contributed by atoms with Crippen molar-refractivity contribution in [3.8, 4) is 11.1 Å². The van der Waals surface area contributed by atoms with Crippen molar-refractivity contribution in [1.29, 1.82) is 0 Å². The van der Waals surface area contributed by atoms with E-state index in [9.17, 15) is 9.59 Å². The Morgan fingerprint density at radius 2 is 1.74 bits per heavy atom. The lowest BCUT2D eigenvalue weighted by Crippen LogP contribution is -2.23. The topological polar surface area (TPSA) is 70.0 Å². The Hall–Kier alpha value is -3.35. The number of benzene rings is 3. The Morgan fingerprint density at radius 3 is 2.42 bits per heavy atom. The first-order chi connectivity index (χ1) is 14.9. The van der Waals surface area contributed by atoms with Crippen LogP contribution < -0.4 is 0 Å². The Kier molecular flexibility index (Phi) is 5.93. The van der Waals surface area contributed by atoms with Crippen LogP contribution in [0.2, 0.25) is 5.02 Å². The van der Waals surface area contributed by atoms with Gasteiger partial charge in [-0.1, -0.05) is 41.9 Å². The van der Waals surface area contributed by atoms with E-state index in [-0.39, 0.29) is 11.5 Å². The van der Waals surface area contributed by atoms with Gasteiger partial charge in [0.05, 0.1) is 16.2 Å². The molecular formula is C24H17ClN2O3S. The van der Waals surface area contributed by atoms with Crippen molar-refractivity contribution in [3.05, 3.63) is 93.9 Å². The number of halogens is 1. The van der Waals surface area contributed by atoms with Gasteiger partial charge in [-0.3, -0.25) is 9.69 Å². The SMILES string of the molecule is CN1C(=O)/C(=C/c2cccc(-c3ccc(Cl)cc3)c2)SC1=Nc1ccc(C(=O)O)cc1. The summed E-state index contributed by atoms with van der Waals surface area (Å²) in [4.78, 5) is 30.3. The third kappa shape index (κ3) is 4.71. The smallest absolute Gasteiger partial charge is 0.335 e. The fourth-order valence-corrected chi connectivity index (χ4v) is 4.16. The number of likely N-dealkylation sites (N-methyl/N-ethyl adjacent to an activating group) is 1. The molecule has 4 rings (SSSR count). The molecule has 1 fully saturated rings. The van der Waals surface area contributed by atoms with E-state index in [0.717, 1.165) is 16.7 Å². The van der Waals surface area contributed by atoms with Gasteiger partial charge in [0, 0.05) is 12.1 Å². The summed E-state index contributed by atoms with van der Waals surface area (Å²) in [7, 11) is 1.67. The summed E-state index contributed by atoms with van der Waals surface area (Å²) in [6, 6.07) is 21.7. The van der Waals surface area contributed by atoms with Gasteiger partial charge in [0.1, 0.15) is 0 Å². The first-order valence-corrected chi connectivity index (χ1v) is 10.6. The van der Waals surface area contributed by atoms with Gasteiger partial charge in [0.25, 0.3) is 5.91 Å². The maximum Gasteiger partial charge on any atom is 0.335 e. The highest BCUT2D eigenvalue weighted by atomic mass is 35.5. The van der Waals surface area contributed by atoms with Crippen LogP contribution in [0.15, 0.2) is 82.7 Å². The zero-order valence-electron chi connectivity index (χ0n) is 16.4. The summed E-state index contributed by atoms with van der Waals surface area (Å²) in [6.45, 7) is 0. The molecule has 0 radical (unpaired) electrons. The molecule has 0 atom stereocenters. The largest absolute Gasteiger partial charge is 0.478 e. The average Bonchev–Trinajstić information content (AvgIpc) is 3.02. The van der Waals surface area contributed by atoms with E-state index in [1.54, 1.807) is 19.2 Å². The fraction of sp³-hybridized carbons (Fsp3) is 0.0417. The lowest BCUT2D eigenvalue weighted by Gasteiger charge is -2.07. The second kappa shape index (κ2) is 8.79. The molecule has 1 saturated heterocycles. The highest BCUT2D eigenvalue weighted by Gasteiger charge is 2.30. The third-order valence-electron chi connectivity index (χ3n) is 4.70. The van der Waals surface area contributed by atoms with Gasteiger partial charge in [0.2, 0.25) is 0 Å². The van der Waals surface area contributed by atoms with Crippen LogP contribution in [0.3, 0.4) is 0 Å². The molecule has 5 nitrogen and oxygen atoms in total. The minimum absolute atomic E-state index is 0.136. The molecule has 1 N–H and O–H groups in total. The molecule has 1 aliphatic heterocycles. The summed E-state index contributed by atoms with van der Waals surface area (Å²) in [6.07, 6.45) is 1.85. The number of hydrogen-bond acceptors (Lipinski definition) is 4. The second-order valence-electron chi connectivity index (χ2n) is 6.85. The second-order valence-corrected chi connectivity index (χ2v) is 8.30. The molecule has 1 aliphatic rings. The predicted molar refractivity (Wildman–Crippen MR) is 126 cm³/mol. The van der Waals surface area contributed by atoms with Crippen LogP contribution in [-0.4, -0.2) is 34.1 Å². The molecule has 1 amide bonds. The van der Waals surface area contributed by atoms with E-state index in [2.05, 4.69) is 4.99 Å². The number of thioether (sulfide) groups is 1. The monoisotopic (exact) mass is 448 g/mol. The number of amidine groups is 1. The Morgan fingerprint density at radius 1 is 1.03 bits per heavy atom. The van der Waals surface area contributed by atoms with Crippen molar-refractivity contribution in [2.45, 2.75) is 0 Å². The fourth-order valence-electron chi connectivity index (χ4n) is 3.04. The highest BCUT2D eigenvalue weighted by molar-refractivity contribution is 8.18. The summed E-state index contributed by atoms with van der Waals surface area (Å²) >= 11 is 7.26. The standard InChI is InChI=1S/C24H17ClN2O3S/c1-27-22(28)21(31-24(27)26-20-11-7-17(8-12-20)23(29)30)14-15-3-2-4-18(13-15)16-5-9-19(25)10-6-16/h2-14H,1H3,(H,29,30)/b21-14-,26-24?. The van der Waals surface area contributed by atoms with Gasteiger partial charge >= 0.3 is 5.97 Å². The van der Waals surface area contributed by atoms with Crippen LogP contribution in [0.4, 0.5) is 5.69 Å². The molecule has 0 bridgehead atoms. The van der Waals surface area contributed by atoms with Crippen molar-refractivity contribution >= 4 is 52.2 Å². The number of rotatable bonds is 4. The van der Waals surface area contributed by atoms with Crippen LogP contribution in [0.25, 0.3) is 17.2 Å². The summed E-state index contributed by atoms with van der Waals surface area (Å²) in [5.74, 6) is -1.13. The maximum absolute atomic E-state index is 12.7. The molecule has 1 heterocycles. The van der Waals surface area contributed by atoms with Gasteiger partial charge in [-0.25, -0.2) is 9.79 Å². The van der Waals surface area contributed by atoms with Gasteiger partial charge in [-0.15, -0.1) is 0 Å². The molecule has 154 valence electrons. The van der Waals surface area contributed by atoms with Crippen molar-refractivity contribution in [1.82, 2.24) is 4.90 Å². The molecule has 0 saturated carbocycles. The van der Waals surface area contributed by atoms with Gasteiger partial charge < -0.3 is 5.11 Å². The van der Waals surface area contributed by atoms with Crippen molar-refractivity contribution in [2.75, 3.05) is 7.05 Å². The lowest BCUT2D eigenvalue weighted by atomic mass is 10.0. The van der Waals surface area contributed by atoms with Crippen LogP contribution in [0.5, 0.6) is 0 Å². The summed E-state index contributed by atoms with van der Waals surface area (Å²) < 4.78 is 0. The maximum atomic E-state index is 12.7.